The van der Waals surface area contributed by atoms with Gasteiger partial charge in [0.2, 0.25) is 0 Å². The van der Waals surface area contributed by atoms with Crippen molar-refractivity contribution in [2.45, 2.75) is 24.7 Å². The quantitative estimate of drug-likeness (QED) is 0.566. The predicted molar refractivity (Wildman–Crippen MR) is 102 cm³/mol. The minimum Gasteiger partial charge on any atom is -0.301 e. The molecular weight excluding hydrogens is 346 g/mol. The van der Waals surface area contributed by atoms with Crippen LogP contribution in [0.2, 0.25) is 0 Å². The van der Waals surface area contributed by atoms with E-state index in [1.165, 1.54) is 11.8 Å². The van der Waals surface area contributed by atoms with Crippen LogP contribution in [0.3, 0.4) is 0 Å². The van der Waals surface area contributed by atoms with Gasteiger partial charge in [-0.05, 0) is 6.26 Å². The van der Waals surface area contributed by atoms with E-state index in [1.54, 1.807) is 0 Å². The molecule has 0 fully saturated rings. The van der Waals surface area contributed by atoms with E-state index >= 15 is 0 Å². The molecule has 3 heterocycles. The summed E-state index contributed by atoms with van der Waals surface area (Å²) in [6.07, 6.45) is 6.43. The molecule has 0 saturated heterocycles. The number of rotatable bonds is 4. The average Bonchev–Trinajstić information content (AvgIpc) is 2.69. The second-order valence-corrected chi connectivity index (χ2v) is 7.04. The standard InChI is InChI=1S/C19H19N5OS/c1-26-19-22-16-7-8-24(12-15(16)18(25)23-19)11-13-9-20-17(21-10-13)14-5-3-2-4-6-14/h2-6,9-10H,7-8,11-12H2,1H3,(H,22,23,25). The average molecular weight is 365 g/mol. The van der Waals surface area contributed by atoms with E-state index in [1.807, 2.05) is 49.0 Å². The number of hydrogen-bond acceptors (Lipinski definition) is 6. The molecule has 0 atom stereocenters. The summed E-state index contributed by atoms with van der Waals surface area (Å²) >= 11 is 1.46. The second-order valence-electron chi connectivity index (χ2n) is 6.24. The molecule has 7 heteroatoms. The molecule has 4 rings (SSSR count). The molecule has 3 aromatic rings. The van der Waals surface area contributed by atoms with E-state index in [2.05, 4.69) is 24.8 Å². The van der Waals surface area contributed by atoms with Crippen LogP contribution in [0.4, 0.5) is 0 Å². The molecule has 0 spiro atoms. The van der Waals surface area contributed by atoms with Crippen molar-refractivity contribution >= 4 is 11.8 Å². The van der Waals surface area contributed by atoms with E-state index in [4.69, 9.17) is 0 Å². The predicted octanol–water partition coefficient (Wildman–Crippen LogP) is 2.51. The Hall–Kier alpha value is -2.51. The van der Waals surface area contributed by atoms with E-state index < -0.39 is 0 Å². The van der Waals surface area contributed by atoms with Crippen LogP contribution in [-0.4, -0.2) is 37.6 Å². The van der Waals surface area contributed by atoms with Crippen molar-refractivity contribution in [3.05, 3.63) is 69.9 Å². The zero-order chi connectivity index (χ0) is 17.9. The summed E-state index contributed by atoms with van der Waals surface area (Å²) < 4.78 is 0. The van der Waals surface area contributed by atoms with Crippen molar-refractivity contribution < 1.29 is 0 Å². The van der Waals surface area contributed by atoms with E-state index in [9.17, 15) is 4.79 Å². The lowest BCUT2D eigenvalue weighted by molar-refractivity contribution is 0.240. The van der Waals surface area contributed by atoms with Gasteiger partial charge in [-0.2, -0.15) is 0 Å². The number of aromatic amines is 1. The SMILES string of the molecule is CSc1nc2c(c(=O)[nH]1)CN(Cc1cnc(-c3ccccc3)nc1)CC2. The molecule has 132 valence electrons. The smallest absolute Gasteiger partial charge is 0.256 e. The molecule has 0 bridgehead atoms. The fourth-order valence-corrected chi connectivity index (χ4v) is 3.52. The number of hydrogen-bond donors (Lipinski definition) is 1. The molecule has 0 saturated carbocycles. The van der Waals surface area contributed by atoms with Crippen LogP contribution in [0.5, 0.6) is 0 Å². The van der Waals surface area contributed by atoms with Gasteiger partial charge >= 0.3 is 0 Å². The normalized spacial score (nSPS) is 14.2. The molecule has 0 aliphatic carbocycles. The van der Waals surface area contributed by atoms with Crippen LogP contribution in [0.15, 0.2) is 52.7 Å². The van der Waals surface area contributed by atoms with Crippen molar-refractivity contribution in [3.63, 3.8) is 0 Å². The molecule has 26 heavy (non-hydrogen) atoms. The number of nitrogens with one attached hydrogen (secondary N) is 1. The third kappa shape index (κ3) is 3.54. The molecule has 0 unspecified atom stereocenters. The Morgan fingerprint density at radius 1 is 1.19 bits per heavy atom. The second kappa shape index (κ2) is 7.39. The summed E-state index contributed by atoms with van der Waals surface area (Å²) in [5.74, 6) is 0.726. The van der Waals surface area contributed by atoms with Gasteiger partial charge in [-0.1, -0.05) is 42.1 Å². The first-order valence-electron chi connectivity index (χ1n) is 8.47. The van der Waals surface area contributed by atoms with E-state index in [-0.39, 0.29) is 5.56 Å². The molecular formula is C19H19N5OS. The molecule has 1 N–H and O–H groups in total. The summed E-state index contributed by atoms with van der Waals surface area (Å²) in [5.41, 5.74) is 3.71. The van der Waals surface area contributed by atoms with Crippen LogP contribution in [0.25, 0.3) is 11.4 Å². The number of fused-ring (bicyclic) bond motifs is 1. The number of H-pyrrole nitrogens is 1. The van der Waals surface area contributed by atoms with Gasteiger partial charge in [0.1, 0.15) is 0 Å². The first kappa shape index (κ1) is 16.9. The van der Waals surface area contributed by atoms with Gasteiger partial charge in [0.15, 0.2) is 11.0 Å². The Morgan fingerprint density at radius 2 is 1.96 bits per heavy atom. The van der Waals surface area contributed by atoms with Crippen molar-refractivity contribution in [1.29, 1.82) is 0 Å². The molecule has 1 aliphatic rings. The van der Waals surface area contributed by atoms with Gasteiger partial charge in [0.25, 0.3) is 5.56 Å². The highest BCUT2D eigenvalue weighted by molar-refractivity contribution is 7.98. The molecule has 1 aromatic carbocycles. The molecule has 0 radical (unpaired) electrons. The maximum Gasteiger partial charge on any atom is 0.256 e. The Balaban J connectivity index is 1.48. The lowest BCUT2D eigenvalue weighted by atomic mass is 10.1. The van der Waals surface area contributed by atoms with E-state index in [0.717, 1.165) is 47.7 Å². The van der Waals surface area contributed by atoms with E-state index in [0.29, 0.717) is 11.7 Å². The largest absolute Gasteiger partial charge is 0.301 e. The fraction of sp³-hybridized carbons (Fsp3) is 0.263. The first-order valence-corrected chi connectivity index (χ1v) is 9.70. The van der Waals surface area contributed by atoms with Crippen molar-refractivity contribution in [2.24, 2.45) is 0 Å². The van der Waals surface area contributed by atoms with Crippen molar-refractivity contribution in [1.82, 2.24) is 24.8 Å². The maximum atomic E-state index is 12.3. The highest BCUT2D eigenvalue weighted by Crippen LogP contribution is 2.19. The summed E-state index contributed by atoms with van der Waals surface area (Å²) in [4.78, 5) is 30.8. The third-order valence-corrected chi connectivity index (χ3v) is 5.04. The molecule has 6 nitrogen and oxygen atoms in total. The maximum absolute atomic E-state index is 12.3. The summed E-state index contributed by atoms with van der Waals surface area (Å²) in [6.45, 7) is 2.20. The number of aromatic nitrogens is 4. The van der Waals surface area contributed by atoms with Crippen LogP contribution in [-0.2, 0) is 19.5 Å². The molecule has 2 aromatic heterocycles. The van der Waals surface area contributed by atoms with Gasteiger partial charge in [-0.3, -0.25) is 9.69 Å². The Kier molecular flexibility index (Phi) is 4.81. The summed E-state index contributed by atoms with van der Waals surface area (Å²) in [7, 11) is 0. The van der Waals surface area contributed by atoms with Gasteiger partial charge in [0.05, 0.1) is 11.3 Å². The minimum atomic E-state index is -0.0280. The van der Waals surface area contributed by atoms with Crippen LogP contribution in [0, 0.1) is 0 Å². The minimum absolute atomic E-state index is 0.0280. The van der Waals surface area contributed by atoms with Gasteiger partial charge in [0, 0.05) is 49.6 Å². The number of thioether (sulfide) groups is 1. The zero-order valence-electron chi connectivity index (χ0n) is 14.5. The zero-order valence-corrected chi connectivity index (χ0v) is 15.3. The van der Waals surface area contributed by atoms with Gasteiger partial charge in [-0.15, -0.1) is 0 Å². The fourth-order valence-electron chi connectivity index (χ4n) is 3.12. The highest BCUT2D eigenvalue weighted by Gasteiger charge is 2.21. The lowest BCUT2D eigenvalue weighted by Gasteiger charge is -2.27. The Bertz CT molecular complexity index is 956. The topological polar surface area (TPSA) is 74.8 Å². The van der Waals surface area contributed by atoms with Gasteiger partial charge < -0.3 is 4.98 Å². The monoisotopic (exact) mass is 365 g/mol. The van der Waals surface area contributed by atoms with Gasteiger partial charge in [-0.25, -0.2) is 15.0 Å². The lowest BCUT2D eigenvalue weighted by Crippen LogP contribution is -2.35. The van der Waals surface area contributed by atoms with Crippen LogP contribution >= 0.6 is 11.8 Å². The number of nitrogens with zero attached hydrogens (tertiary/aromatic N) is 4. The van der Waals surface area contributed by atoms with Crippen molar-refractivity contribution in [2.75, 3.05) is 12.8 Å². The summed E-state index contributed by atoms with van der Waals surface area (Å²) in [5, 5.41) is 0.687. The van der Waals surface area contributed by atoms with Crippen LogP contribution in [0.1, 0.15) is 16.8 Å². The third-order valence-electron chi connectivity index (χ3n) is 4.46. The Labute approximate surface area is 155 Å². The molecule has 1 aliphatic heterocycles. The highest BCUT2D eigenvalue weighted by atomic mass is 32.2. The van der Waals surface area contributed by atoms with Crippen LogP contribution < -0.4 is 5.56 Å². The Morgan fingerprint density at radius 3 is 2.69 bits per heavy atom. The summed E-state index contributed by atoms with van der Waals surface area (Å²) in [6, 6.07) is 9.93. The first-order chi connectivity index (χ1) is 12.7. The molecule has 0 amide bonds. The van der Waals surface area contributed by atoms with Crippen molar-refractivity contribution in [3.8, 4) is 11.4 Å². The number of benzene rings is 1.